The van der Waals surface area contributed by atoms with E-state index >= 15 is 0 Å². The van der Waals surface area contributed by atoms with Crippen molar-refractivity contribution in [3.63, 3.8) is 0 Å². The van der Waals surface area contributed by atoms with Crippen LogP contribution in [-0.2, 0) is 4.74 Å². The van der Waals surface area contributed by atoms with E-state index in [0.29, 0.717) is 38.6 Å². The summed E-state index contributed by atoms with van der Waals surface area (Å²) >= 11 is 0. The summed E-state index contributed by atoms with van der Waals surface area (Å²) in [4.78, 5) is 4.60. The Morgan fingerprint density at radius 3 is 2.69 bits per heavy atom. The van der Waals surface area contributed by atoms with Crippen LogP contribution in [0.4, 0.5) is 0 Å². The minimum Gasteiger partial charge on any atom is -0.496 e. The first-order valence-corrected chi connectivity index (χ1v) is 8.97. The van der Waals surface area contributed by atoms with Gasteiger partial charge in [-0.2, -0.15) is 0 Å². The highest BCUT2D eigenvalue weighted by molar-refractivity contribution is 14.0. The lowest BCUT2D eigenvalue weighted by atomic mass is 9.95. The Morgan fingerprint density at radius 1 is 1.38 bits per heavy atom. The normalized spacial score (nSPS) is 17.8. The number of benzene rings is 1. The van der Waals surface area contributed by atoms with Gasteiger partial charge in [0, 0.05) is 38.2 Å². The van der Waals surface area contributed by atoms with Crippen molar-refractivity contribution < 1.29 is 14.6 Å². The maximum absolute atomic E-state index is 10.6. The van der Waals surface area contributed by atoms with E-state index in [4.69, 9.17) is 9.47 Å². The minimum absolute atomic E-state index is 0. The third kappa shape index (κ3) is 6.59. The third-order valence-corrected chi connectivity index (χ3v) is 4.50. The molecule has 148 valence electrons. The Balaban J connectivity index is 0.00000338. The van der Waals surface area contributed by atoms with Gasteiger partial charge in [-0.3, -0.25) is 4.99 Å². The van der Waals surface area contributed by atoms with Gasteiger partial charge in [0.1, 0.15) is 5.75 Å². The van der Waals surface area contributed by atoms with Gasteiger partial charge in [-0.25, -0.2) is 0 Å². The highest BCUT2D eigenvalue weighted by Crippen LogP contribution is 2.26. The maximum Gasteiger partial charge on any atom is 0.191 e. The molecule has 3 N–H and O–H groups in total. The Bertz CT molecular complexity index is 589. The van der Waals surface area contributed by atoms with Gasteiger partial charge in [0.2, 0.25) is 0 Å². The van der Waals surface area contributed by atoms with Crippen LogP contribution in [0.1, 0.15) is 43.9 Å². The number of hydrogen-bond donors (Lipinski definition) is 3. The van der Waals surface area contributed by atoms with Crippen LogP contribution >= 0.6 is 24.0 Å². The van der Waals surface area contributed by atoms with Crippen molar-refractivity contribution in [2.75, 3.05) is 33.4 Å². The molecule has 0 aromatic heterocycles. The molecule has 0 aliphatic carbocycles. The molecule has 1 fully saturated rings. The molecule has 0 spiro atoms. The molecule has 26 heavy (non-hydrogen) atoms. The first-order valence-electron chi connectivity index (χ1n) is 8.97. The second kappa shape index (κ2) is 10.9. The Labute approximate surface area is 173 Å². The van der Waals surface area contributed by atoms with E-state index in [9.17, 15) is 5.11 Å². The molecule has 2 rings (SSSR count). The summed E-state index contributed by atoms with van der Waals surface area (Å²) in [6.45, 7) is 8.47. The number of nitrogens with one attached hydrogen (secondary N) is 2. The Morgan fingerprint density at radius 2 is 2.08 bits per heavy atom. The van der Waals surface area contributed by atoms with E-state index in [-0.39, 0.29) is 30.0 Å². The van der Waals surface area contributed by atoms with Crippen LogP contribution in [0.15, 0.2) is 23.2 Å². The van der Waals surface area contributed by atoms with E-state index in [1.807, 2.05) is 19.1 Å². The van der Waals surface area contributed by atoms with E-state index in [0.717, 1.165) is 17.9 Å². The lowest BCUT2D eigenvalue weighted by molar-refractivity contribution is -0.0566. The summed E-state index contributed by atoms with van der Waals surface area (Å²) in [6, 6.07) is 6.16. The lowest BCUT2D eigenvalue weighted by Crippen LogP contribution is -2.43. The molecule has 1 atom stereocenters. The SMILES string of the molecule is CCNC(=NCC1(O)CCOCC1)NC(C)c1cc(C)ccc1OC.I. The van der Waals surface area contributed by atoms with E-state index in [1.54, 1.807) is 7.11 Å². The van der Waals surface area contributed by atoms with Crippen LogP contribution in [0.25, 0.3) is 0 Å². The largest absolute Gasteiger partial charge is 0.496 e. The van der Waals surface area contributed by atoms with Gasteiger partial charge < -0.3 is 25.2 Å². The number of aryl methyl sites for hydroxylation is 1. The van der Waals surface area contributed by atoms with Crippen molar-refractivity contribution in [2.45, 2.75) is 45.3 Å². The van der Waals surface area contributed by atoms with Gasteiger partial charge in [0.15, 0.2) is 5.96 Å². The van der Waals surface area contributed by atoms with Gasteiger partial charge in [0.25, 0.3) is 0 Å². The summed E-state index contributed by atoms with van der Waals surface area (Å²) in [7, 11) is 1.68. The molecule has 7 heteroatoms. The summed E-state index contributed by atoms with van der Waals surface area (Å²) in [6.07, 6.45) is 1.24. The van der Waals surface area contributed by atoms with Gasteiger partial charge >= 0.3 is 0 Å². The molecule has 0 radical (unpaired) electrons. The van der Waals surface area contributed by atoms with Crippen molar-refractivity contribution in [3.05, 3.63) is 29.3 Å². The predicted octanol–water partition coefficient (Wildman–Crippen LogP) is 2.78. The molecule has 1 unspecified atom stereocenters. The number of rotatable bonds is 6. The zero-order valence-corrected chi connectivity index (χ0v) is 18.5. The van der Waals surface area contributed by atoms with Crippen LogP contribution in [0, 0.1) is 6.92 Å². The number of methoxy groups -OCH3 is 1. The highest BCUT2D eigenvalue weighted by atomic mass is 127. The number of halogens is 1. The molecule has 6 nitrogen and oxygen atoms in total. The molecule has 0 amide bonds. The Hall–Kier alpha value is -1.06. The van der Waals surface area contributed by atoms with Crippen molar-refractivity contribution >= 4 is 29.9 Å². The molecule has 1 aliphatic heterocycles. The van der Waals surface area contributed by atoms with Crippen molar-refractivity contribution in [1.29, 1.82) is 0 Å². The summed E-state index contributed by atoms with van der Waals surface area (Å²) in [5, 5.41) is 17.3. The molecular weight excluding hydrogens is 445 g/mol. The Kier molecular flexibility index (Phi) is 9.67. The third-order valence-electron chi connectivity index (χ3n) is 4.50. The number of hydrogen-bond acceptors (Lipinski definition) is 4. The summed E-state index contributed by atoms with van der Waals surface area (Å²) < 4.78 is 10.8. The van der Waals surface area contributed by atoms with Gasteiger partial charge in [0.05, 0.1) is 25.3 Å². The lowest BCUT2D eigenvalue weighted by Gasteiger charge is -2.31. The number of ether oxygens (including phenoxy) is 2. The van der Waals surface area contributed by atoms with Crippen LogP contribution in [-0.4, -0.2) is 50.1 Å². The van der Waals surface area contributed by atoms with Crippen LogP contribution in [0.5, 0.6) is 5.75 Å². The van der Waals surface area contributed by atoms with Crippen LogP contribution in [0.3, 0.4) is 0 Å². The van der Waals surface area contributed by atoms with Crippen molar-refractivity contribution in [1.82, 2.24) is 10.6 Å². The quantitative estimate of drug-likeness (QED) is 0.334. The maximum atomic E-state index is 10.6. The summed E-state index contributed by atoms with van der Waals surface area (Å²) in [5.41, 5.74) is 1.49. The molecule has 1 heterocycles. The zero-order valence-electron chi connectivity index (χ0n) is 16.2. The fourth-order valence-electron chi connectivity index (χ4n) is 2.93. The number of nitrogens with zero attached hydrogens (tertiary/aromatic N) is 1. The monoisotopic (exact) mass is 477 g/mol. The minimum atomic E-state index is -0.773. The number of aliphatic imine (C=N–C) groups is 1. The predicted molar refractivity (Wildman–Crippen MR) is 116 cm³/mol. The fourth-order valence-corrected chi connectivity index (χ4v) is 2.93. The molecule has 1 aromatic rings. The second-order valence-electron chi connectivity index (χ2n) is 6.64. The van der Waals surface area contributed by atoms with Crippen LogP contribution < -0.4 is 15.4 Å². The average Bonchev–Trinajstić information content (AvgIpc) is 2.60. The van der Waals surface area contributed by atoms with Crippen molar-refractivity contribution in [2.24, 2.45) is 4.99 Å². The van der Waals surface area contributed by atoms with Gasteiger partial charge in [-0.05, 0) is 26.8 Å². The average molecular weight is 477 g/mol. The first-order chi connectivity index (χ1) is 12.0. The fraction of sp³-hybridized carbons (Fsp3) is 0.632. The van der Waals surface area contributed by atoms with Gasteiger partial charge in [-0.1, -0.05) is 17.7 Å². The first kappa shape index (κ1) is 23.0. The van der Waals surface area contributed by atoms with Gasteiger partial charge in [-0.15, -0.1) is 24.0 Å². The molecule has 1 aliphatic rings. The highest BCUT2D eigenvalue weighted by Gasteiger charge is 2.29. The molecular formula is C19H32IN3O3. The topological polar surface area (TPSA) is 75.1 Å². The molecule has 0 bridgehead atoms. The molecule has 0 saturated carbocycles. The van der Waals surface area contributed by atoms with Crippen LogP contribution in [0.2, 0.25) is 0 Å². The van der Waals surface area contributed by atoms with E-state index < -0.39 is 5.60 Å². The summed E-state index contributed by atoms with van der Waals surface area (Å²) in [5.74, 6) is 1.54. The smallest absolute Gasteiger partial charge is 0.191 e. The second-order valence-corrected chi connectivity index (χ2v) is 6.64. The van der Waals surface area contributed by atoms with Crippen molar-refractivity contribution in [3.8, 4) is 5.75 Å². The van der Waals surface area contributed by atoms with E-state index in [2.05, 4.69) is 35.5 Å². The number of guanidine groups is 1. The number of aliphatic hydroxyl groups is 1. The van der Waals surface area contributed by atoms with E-state index in [1.165, 1.54) is 5.56 Å². The molecule has 1 aromatic carbocycles. The zero-order chi connectivity index (χ0) is 18.3. The standard InChI is InChI=1S/C19H31N3O3.HI/c1-5-20-18(21-13-19(23)8-10-25-11-9-19)22-15(3)16-12-14(2)6-7-17(16)24-4;/h6-7,12,15,23H,5,8-11,13H2,1-4H3,(H2,20,21,22);1H. The molecule has 1 saturated heterocycles.